The molecule has 0 unspecified atom stereocenters. The quantitative estimate of drug-likeness (QED) is 0.788. The van der Waals surface area contributed by atoms with E-state index in [4.69, 9.17) is 11.0 Å². The molecule has 0 aliphatic heterocycles. The first-order valence-corrected chi connectivity index (χ1v) is 7.68. The first-order valence-electron chi connectivity index (χ1n) is 6.07. The maximum Gasteiger partial charge on any atom is 0.201 e. The number of nitrogens with zero attached hydrogens (tertiary/aromatic N) is 3. The van der Waals surface area contributed by atoms with Gasteiger partial charge >= 0.3 is 0 Å². The SMILES string of the molecule is N#Cc1ccc2nc(N)n(CCc3ccc(Br)s3)c2c1. The summed E-state index contributed by atoms with van der Waals surface area (Å²) in [6, 6.07) is 11.7. The number of halogens is 1. The van der Waals surface area contributed by atoms with Gasteiger partial charge in [-0.15, -0.1) is 11.3 Å². The Labute approximate surface area is 128 Å². The van der Waals surface area contributed by atoms with Gasteiger partial charge in [0.2, 0.25) is 5.95 Å². The van der Waals surface area contributed by atoms with Crippen LogP contribution in [0, 0.1) is 11.3 Å². The summed E-state index contributed by atoms with van der Waals surface area (Å²) in [6.45, 7) is 0.754. The van der Waals surface area contributed by atoms with Crippen molar-refractivity contribution in [3.8, 4) is 6.07 Å². The molecule has 0 aliphatic rings. The van der Waals surface area contributed by atoms with Crippen LogP contribution in [0.3, 0.4) is 0 Å². The first-order chi connectivity index (χ1) is 9.67. The van der Waals surface area contributed by atoms with Crippen molar-refractivity contribution in [2.24, 2.45) is 0 Å². The minimum absolute atomic E-state index is 0.491. The molecule has 6 heteroatoms. The van der Waals surface area contributed by atoms with Crippen LogP contribution in [0.15, 0.2) is 34.1 Å². The zero-order valence-corrected chi connectivity index (χ0v) is 12.9. The van der Waals surface area contributed by atoms with E-state index in [-0.39, 0.29) is 0 Å². The molecular weight excluding hydrogens is 336 g/mol. The molecule has 2 aromatic heterocycles. The molecule has 3 aromatic rings. The van der Waals surface area contributed by atoms with Crippen LogP contribution >= 0.6 is 27.3 Å². The lowest BCUT2D eigenvalue weighted by molar-refractivity contribution is 0.733. The maximum atomic E-state index is 8.99. The summed E-state index contributed by atoms with van der Waals surface area (Å²) in [4.78, 5) is 5.62. The number of aromatic nitrogens is 2. The van der Waals surface area contributed by atoms with Gasteiger partial charge in [0.05, 0.1) is 26.5 Å². The standard InChI is InChI=1S/C14H11BrN4S/c15-13-4-2-10(20-13)5-6-19-12-7-9(8-16)1-3-11(12)18-14(19)17/h1-4,7H,5-6H2,(H2,17,18). The highest BCUT2D eigenvalue weighted by Crippen LogP contribution is 2.24. The number of nitrogens with two attached hydrogens (primary N) is 1. The van der Waals surface area contributed by atoms with Crippen molar-refractivity contribution in [2.75, 3.05) is 5.73 Å². The summed E-state index contributed by atoms with van der Waals surface area (Å²) in [7, 11) is 0. The lowest BCUT2D eigenvalue weighted by Crippen LogP contribution is -2.05. The van der Waals surface area contributed by atoms with Crippen LogP contribution in [0.4, 0.5) is 5.95 Å². The molecule has 0 aliphatic carbocycles. The Morgan fingerprint density at radius 1 is 1.35 bits per heavy atom. The molecule has 20 heavy (non-hydrogen) atoms. The van der Waals surface area contributed by atoms with E-state index in [9.17, 15) is 0 Å². The van der Waals surface area contributed by atoms with Crippen LogP contribution < -0.4 is 5.73 Å². The predicted octanol–water partition coefficient (Wildman–Crippen LogP) is 3.56. The highest BCUT2D eigenvalue weighted by molar-refractivity contribution is 9.11. The minimum Gasteiger partial charge on any atom is -0.369 e. The van der Waals surface area contributed by atoms with E-state index >= 15 is 0 Å². The van der Waals surface area contributed by atoms with Crippen molar-refractivity contribution in [1.29, 1.82) is 5.26 Å². The van der Waals surface area contributed by atoms with Crippen molar-refractivity contribution in [3.63, 3.8) is 0 Å². The van der Waals surface area contributed by atoms with Gasteiger partial charge in [0.25, 0.3) is 0 Å². The zero-order chi connectivity index (χ0) is 14.1. The maximum absolute atomic E-state index is 8.99. The molecule has 0 amide bonds. The number of anilines is 1. The Morgan fingerprint density at radius 3 is 2.90 bits per heavy atom. The molecule has 0 saturated carbocycles. The molecule has 0 spiro atoms. The first kappa shape index (κ1) is 13.2. The fourth-order valence-corrected chi connectivity index (χ4v) is 3.63. The lowest BCUT2D eigenvalue weighted by atomic mass is 10.2. The smallest absolute Gasteiger partial charge is 0.201 e. The Morgan fingerprint density at radius 2 is 2.20 bits per heavy atom. The van der Waals surface area contributed by atoms with Gasteiger partial charge < -0.3 is 10.3 Å². The van der Waals surface area contributed by atoms with Gasteiger partial charge in [-0.3, -0.25) is 0 Å². The predicted molar refractivity (Wildman–Crippen MR) is 84.6 cm³/mol. The van der Waals surface area contributed by atoms with Crippen LogP contribution in [0.25, 0.3) is 11.0 Å². The molecule has 0 radical (unpaired) electrons. The molecule has 1 aromatic carbocycles. The van der Waals surface area contributed by atoms with Crippen LogP contribution in [-0.2, 0) is 13.0 Å². The summed E-state index contributed by atoms with van der Waals surface area (Å²) >= 11 is 5.18. The molecule has 0 saturated heterocycles. The molecule has 3 rings (SSSR count). The number of fused-ring (bicyclic) bond motifs is 1. The van der Waals surface area contributed by atoms with Gasteiger partial charge in [0.15, 0.2) is 0 Å². The van der Waals surface area contributed by atoms with Crippen LogP contribution in [-0.4, -0.2) is 9.55 Å². The molecular formula is C14H11BrN4S. The van der Waals surface area contributed by atoms with Crippen molar-refractivity contribution in [2.45, 2.75) is 13.0 Å². The number of rotatable bonds is 3. The second-order valence-electron chi connectivity index (χ2n) is 4.39. The minimum atomic E-state index is 0.491. The van der Waals surface area contributed by atoms with Crippen LogP contribution in [0.2, 0.25) is 0 Å². The molecule has 0 fully saturated rings. The van der Waals surface area contributed by atoms with Gasteiger partial charge in [-0.25, -0.2) is 4.98 Å². The summed E-state index contributed by atoms with van der Waals surface area (Å²) in [5.74, 6) is 0.491. The van der Waals surface area contributed by atoms with Crippen molar-refractivity contribution in [1.82, 2.24) is 9.55 Å². The fraction of sp³-hybridized carbons (Fsp3) is 0.143. The third-order valence-electron chi connectivity index (χ3n) is 3.12. The largest absolute Gasteiger partial charge is 0.369 e. The number of aryl methyl sites for hydroxylation is 2. The average molecular weight is 347 g/mol. The van der Waals surface area contributed by atoms with Gasteiger partial charge in [0, 0.05) is 11.4 Å². The van der Waals surface area contributed by atoms with Crippen LogP contribution in [0.1, 0.15) is 10.4 Å². The number of nitriles is 1. The van der Waals surface area contributed by atoms with Crippen LogP contribution in [0.5, 0.6) is 0 Å². The van der Waals surface area contributed by atoms with Gasteiger partial charge in [0.1, 0.15) is 0 Å². The summed E-state index contributed by atoms with van der Waals surface area (Å²) in [5, 5.41) is 8.99. The molecule has 4 nitrogen and oxygen atoms in total. The van der Waals surface area contributed by atoms with E-state index < -0.39 is 0 Å². The zero-order valence-electron chi connectivity index (χ0n) is 10.5. The monoisotopic (exact) mass is 346 g/mol. The van der Waals surface area contributed by atoms with Crippen molar-refractivity contribution in [3.05, 3.63) is 44.6 Å². The average Bonchev–Trinajstić information content (AvgIpc) is 2.98. The number of nitrogen functional groups attached to an aromatic ring is 1. The molecule has 2 N–H and O–H groups in total. The van der Waals surface area contributed by atoms with E-state index in [0.29, 0.717) is 11.5 Å². The highest BCUT2D eigenvalue weighted by Gasteiger charge is 2.09. The normalized spacial score (nSPS) is 10.8. The number of benzene rings is 1. The van der Waals surface area contributed by atoms with E-state index in [2.05, 4.69) is 33.0 Å². The number of thiophene rings is 1. The number of hydrogen-bond donors (Lipinski definition) is 1. The van der Waals surface area contributed by atoms with E-state index in [1.807, 2.05) is 22.8 Å². The third-order valence-corrected chi connectivity index (χ3v) is 4.80. The summed E-state index contributed by atoms with van der Waals surface area (Å²) in [6.07, 6.45) is 0.892. The van der Waals surface area contributed by atoms with E-state index in [0.717, 1.165) is 27.8 Å². The topological polar surface area (TPSA) is 67.6 Å². The second-order valence-corrected chi connectivity index (χ2v) is 6.94. The lowest BCUT2D eigenvalue weighted by Gasteiger charge is -2.05. The van der Waals surface area contributed by atoms with Gasteiger partial charge in [-0.1, -0.05) is 0 Å². The third kappa shape index (κ3) is 2.42. The highest BCUT2D eigenvalue weighted by atomic mass is 79.9. The summed E-state index contributed by atoms with van der Waals surface area (Å²) in [5.41, 5.74) is 8.34. The Hall–Kier alpha value is -1.84. The van der Waals surface area contributed by atoms with E-state index in [1.54, 1.807) is 17.4 Å². The molecule has 0 atom stereocenters. The Kier molecular flexibility index (Phi) is 3.47. The van der Waals surface area contributed by atoms with Crippen molar-refractivity contribution < 1.29 is 0 Å². The second kappa shape index (κ2) is 5.27. The number of hydrogen-bond acceptors (Lipinski definition) is 4. The Bertz CT molecular complexity index is 812. The number of imidazole rings is 1. The van der Waals surface area contributed by atoms with Gasteiger partial charge in [-0.2, -0.15) is 5.26 Å². The molecule has 2 heterocycles. The van der Waals surface area contributed by atoms with Gasteiger partial charge in [-0.05, 0) is 52.7 Å². The summed E-state index contributed by atoms with van der Waals surface area (Å²) < 4.78 is 3.09. The molecule has 0 bridgehead atoms. The van der Waals surface area contributed by atoms with Crippen molar-refractivity contribution >= 4 is 44.2 Å². The van der Waals surface area contributed by atoms with E-state index in [1.165, 1.54) is 4.88 Å². The molecule has 100 valence electrons. The fourth-order valence-electron chi connectivity index (χ4n) is 2.15. The Balaban J connectivity index is 1.94.